The van der Waals surface area contributed by atoms with Gasteiger partial charge in [-0.3, -0.25) is 9.59 Å². The van der Waals surface area contributed by atoms with Gasteiger partial charge in [0.05, 0.1) is 16.9 Å². The fourth-order valence-electron chi connectivity index (χ4n) is 2.60. The maximum absolute atomic E-state index is 14.3. The minimum Gasteiger partial charge on any atom is -0.366 e. The van der Waals surface area contributed by atoms with Crippen LogP contribution in [0.25, 0.3) is 0 Å². The summed E-state index contributed by atoms with van der Waals surface area (Å²) in [5, 5.41) is 2.50. The summed E-state index contributed by atoms with van der Waals surface area (Å²) in [4.78, 5) is 25.0. The average molecular weight is 276 g/mol. The minimum absolute atomic E-state index is 0.136. The molecule has 1 fully saturated rings. The highest BCUT2D eigenvalue weighted by atomic mass is 19.1. The van der Waals surface area contributed by atoms with Crippen LogP contribution in [-0.4, -0.2) is 24.3 Å². The van der Waals surface area contributed by atoms with E-state index in [0.29, 0.717) is 23.3 Å². The number of anilines is 2. The number of hydrogen-bond donors (Lipinski definition) is 1. The zero-order valence-corrected chi connectivity index (χ0v) is 11.6. The number of fused-ring (bicyclic) bond motifs is 1. The van der Waals surface area contributed by atoms with Crippen LogP contribution in [0.2, 0.25) is 0 Å². The fourth-order valence-corrected chi connectivity index (χ4v) is 2.60. The maximum atomic E-state index is 14.3. The number of benzene rings is 1. The SMILES string of the molecule is CC(C)CN(c1cc2c(cc1F)C(=O)C(=O)N2)C1CC1. The summed E-state index contributed by atoms with van der Waals surface area (Å²) in [6.07, 6.45) is 2.13. The Balaban J connectivity index is 1.99. The summed E-state index contributed by atoms with van der Waals surface area (Å²) >= 11 is 0. The highest BCUT2D eigenvalue weighted by Crippen LogP contribution is 2.37. The van der Waals surface area contributed by atoms with Gasteiger partial charge in [-0.15, -0.1) is 0 Å². The molecule has 0 aromatic heterocycles. The monoisotopic (exact) mass is 276 g/mol. The molecule has 1 N–H and O–H groups in total. The quantitative estimate of drug-likeness (QED) is 0.860. The lowest BCUT2D eigenvalue weighted by Crippen LogP contribution is -2.30. The van der Waals surface area contributed by atoms with Gasteiger partial charge in [0.2, 0.25) is 0 Å². The normalized spacial score (nSPS) is 17.4. The summed E-state index contributed by atoms with van der Waals surface area (Å²) in [6, 6.07) is 3.15. The topological polar surface area (TPSA) is 49.4 Å². The highest BCUT2D eigenvalue weighted by Gasteiger charge is 2.34. The first-order valence-electron chi connectivity index (χ1n) is 6.93. The van der Waals surface area contributed by atoms with Crippen LogP contribution in [0.5, 0.6) is 0 Å². The molecule has 20 heavy (non-hydrogen) atoms. The molecule has 1 amide bonds. The molecule has 106 valence electrons. The third-order valence-electron chi connectivity index (χ3n) is 3.64. The lowest BCUT2D eigenvalue weighted by atomic mass is 10.1. The molecule has 0 saturated heterocycles. The number of Topliss-reactive ketones (excluding diaryl/α,β-unsaturated/α-hetero) is 1. The molecule has 3 rings (SSSR count). The van der Waals surface area contributed by atoms with Crippen LogP contribution in [0.1, 0.15) is 37.0 Å². The first kappa shape index (κ1) is 13.1. The Morgan fingerprint density at radius 1 is 1.35 bits per heavy atom. The Kier molecular flexibility index (Phi) is 3.00. The molecule has 1 aliphatic carbocycles. The van der Waals surface area contributed by atoms with Gasteiger partial charge < -0.3 is 10.2 Å². The number of nitrogens with zero attached hydrogens (tertiary/aromatic N) is 1. The first-order chi connectivity index (χ1) is 9.47. The van der Waals surface area contributed by atoms with E-state index >= 15 is 0 Å². The van der Waals surface area contributed by atoms with Crippen LogP contribution in [0.4, 0.5) is 15.8 Å². The molecule has 0 radical (unpaired) electrons. The molecule has 2 aliphatic rings. The first-order valence-corrected chi connectivity index (χ1v) is 6.93. The largest absolute Gasteiger partial charge is 0.366 e. The number of ketones is 1. The smallest absolute Gasteiger partial charge is 0.296 e. The third-order valence-corrected chi connectivity index (χ3v) is 3.64. The van der Waals surface area contributed by atoms with Gasteiger partial charge >= 0.3 is 0 Å². The molecular weight excluding hydrogens is 259 g/mol. The predicted octanol–water partition coefficient (Wildman–Crippen LogP) is 2.59. The third kappa shape index (κ3) is 2.17. The minimum atomic E-state index is -0.682. The van der Waals surface area contributed by atoms with Gasteiger partial charge in [0.1, 0.15) is 5.82 Å². The lowest BCUT2D eigenvalue weighted by molar-refractivity contribution is -0.112. The van der Waals surface area contributed by atoms with Crippen molar-refractivity contribution >= 4 is 23.1 Å². The standard InChI is InChI=1S/C15H17FN2O2/c1-8(2)7-18(9-3-4-9)13-6-12-10(5-11(13)16)14(19)15(20)17-12/h5-6,8-9H,3-4,7H2,1-2H3,(H,17,19,20). The van der Waals surface area contributed by atoms with Crippen LogP contribution in [0.15, 0.2) is 12.1 Å². The van der Waals surface area contributed by atoms with Gasteiger partial charge in [0.15, 0.2) is 0 Å². The van der Waals surface area contributed by atoms with E-state index in [1.54, 1.807) is 6.07 Å². The summed E-state index contributed by atoms with van der Waals surface area (Å²) in [5.41, 5.74) is 1.04. The van der Waals surface area contributed by atoms with Crippen molar-refractivity contribution in [2.75, 3.05) is 16.8 Å². The van der Waals surface area contributed by atoms with E-state index in [0.717, 1.165) is 19.4 Å². The maximum Gasteiger partial charge on any atom is 0.296 e. The summed E-state index contributed by atoms with van der Waals surface area (Å²) in [7, 11) is 0. The van der Waals surface area contributed by atoms with Crippen molar-refractivity contribution in [1.29, 1.82) is 0 Å². The molecule has 4 nitrogen and oxygen atoms in total. The number of carbonyl (C=O) groups excluding carboxylic acids is 2. The molecule has 0 unspecified atom stereocenters. The molecule has 1 heterocycles. The number of amides is 1. The van der Waals surface area contributed by atoms with Crippen LogP contribution in [-0.2, 0) is 4.79 Å². The van der Waals surface area contributed by atoms with E-state index < -0.39 is 17.5 Å². The molecule has 1 aliphatic heterocycles. The fraction of sp³-hybridized carbons (Fsp3) is 0.467. The Bertz CT molecular complexity index is 594. The van der Waals surface area contributed by atoms with Gasteiger partial charge in [-0.05, 0) is 30.9 Å². The van der Waals surface area contributed by atoms with Gasteiger partial charge in [0, 0.05) is 12.6 Å². The van der Waals surface area contributed by atoms with E-state index in [9.17, 15) is 14.0 Å². The molecule has 0 bridgehead atoms. The van der Waals surface area contributed by atoms with E-state index in [4.69, 9.17) is 0 Å². The van der Waals surface area contributed by atoms with Crippen molar-refractivity contribution in [3.63, 3.8) is 0 Å². The van der Waals surface area contributed by atoms with Gasteiger partial charge in [-0.25, -0.2) is 4.39 Å². The Morgan fingerprint density at radius 3 is 2.65 bits per heavy atom. The van der Waals surface area contributed by atoms with Gasteiger partial charge in [0.25, 0.3) is 11.7 Å². The molecule has 0 atom stereocenters. The Labute approximate surface area is 117 Å². The Hall–Kier alpha value is -1.91. The van der Waals surface area contributed by atoms with Crippen LogP contribution in [0, 0.1) is 11.7 Å². The van der Waals surface area contributed by atoms with Gasteiger partial charge in [-0.1, -0.05) is 13.8 Å². The number of nitrogens with one attached hydrogen (secondary N) is 1. The predicted molar refractivity (Wildman–Crippen MR) is 74.6 cm³/mol. The van der Waals surface area contributed by atoms with Crippen molar-refractivity contribution in [1.82, 2.24) is 0 Å². The lowest BCUT2D eigenvalue weighted by Gasteiger charge is -2.27. The van der Waals surface area contributed by atoms with E-state index in [1.165, 1.54) is 6.07 Å². The second kappa shape index (κ2) is 4.58. The molecule has 1 saturated carbocycles. The van der Waals surface area contributed by atoms with E-state index in [2.05, 4.69) is 24.1 Å². The van der Waals surface area contributed by atoms with E-state index in [-0.39, 0.29) is 5.56 Å². The van der Waals surface area contributed by atoms with Crippen molar-refractivity contribution in [2.45, 2.75) is 32.7 Å². The molecular formula is C15H17FN2O2. The van der Waals surface area contributed by atoms with Gasteiger partial charge in [-0.2, -0.15) is 0 Å². The van der Waals surface area contributed by atoms with E-state index in [1.807, 2.05) is 0 Å². The molecule has 5 heteroatoms. The highest BCUT2D eigenvalue weighted by molar-refractivity contribution is 6.51. The number of rotatable bonds is 4. The summed E-state index contributed by atoms with van der Waals surface area (Å²) < 4.78 is 14.3. The number of hydrogen-bond acceptors (Lipinski definition) is 3. The average Bonchev–Trinajstić information content (AvgIpc) is 3.17. The van der Waals surface area contributed by atoms with Crippen molar-refractivity contribution in [3.05, 3.63) is 23.5 Å². The second-order valence-corrected chi connectivity index (χ2v) is 5.91. The second-order valence-electron chi connectivity index (χ2n) is 5.91. The van der Waals surface area contributed by atoms with Crippen LogP contribution < -0.4 is 10.2 Å². The van der Waals surface area contributed by atoms with Crippen LogP contribution >= 0.6 is 0 Å². The van der Waals surface area contributed by atoms with Crippen molar-refractivity contribution < 1.29 is 14.0 Å². The number of halogens is 1. The zero-order chi connectivity index (χ0) is 14.4. The molecule has 1 aromatic rings. The zero-order valence-electron chi connectivity index (χ0n) is 11.6. The number of carbonyl (C=O) groups is 2. The van der Waals surface area contributed by atoms with Crippen LogP contribution in [0.3, 0.4) is 0 Å². The van der Waals surface area contributed by atoms with Crippen molar-refractivity contribution in [3.8, 4) is 0 Å². The van der Waals surface area contributed by atoms with Crippen molar-refractivity contribution in [2.24, 2.45) is 5.92 Å². The molecule has 0 spiro atoms. The summed E-state index contributed by atoms with van der Waals surface area (Å²) in [6.45, 7) is 4.94. The Morgan fingerprint density at radius 2 is 2.05 bits per heavy atom. The molecule has 1 aromatic carbocycles. The summed E-state index contributed by atoms with van der Waals surface area (Å²) in [5.74, 6) is -1.36.